The molecule has 2 aliphatic carbocycles. The van der Waals surface area contributed by atoms with Crippen molar-refractivity contribution in [1.82, 2.24) is 0 Å². The van der Waals surface area contributed by atoms with Gasteiger partial charge in [0.2, 0.25) is 0 Å². The van der Waals surface area contributed by atoms with E-state index in [1.54, 1.807) is 0 Å². The number of rotatable bonds is 5. The summed E-state index contributed by atoms with van der Waals surface area (Å²) in [5, 5.41) is 0. The van der Waals surface area contributed by atoms with Crippen LogP contribution in [0, 0.1) is 0 Å². The molecule has 0 unspecified atom stereocenters. The molecule has 2 saturated carbocycles. The van der Waals surface area contributed by atoms with Gasteiger partial charge in [-0.1, -0.05) is 88.9 Å². The minimum atomic E-state index is 0.220. The van der Waals surface area contributed by atoms with Crippen LogP contribution in [0.4, 0.5) is 0 Å². The summed E-state index contributed by atoms with van der Waals surface area (Å²) < 4.78 is 0. The zero-order valence-corrected chi connectivity index (χ0v) is 18.4. The van der Waals surface area contributed by atoms with E-state index in [0.29, 0.717) is 12.7 Å². The van der Waals surface area contributed by atoms with Crippen molar-refractivity contribution >= 4 is 34.4 Å². The Bertz CT molecular complexity index is 450. The number of hydrogen-bond acceptors (Lipinski definition) is 0. The normalized spacial score (nSPS) is 20.0. The van der Waals surface area contributed by atoms with Crippen molar-refractivity contribution in [2.75, 3.05) is 6.16 Å². The van der Waals surface area contributed by atoms with Crippen molar-refractivity contribution < 1.29 is 12.7 Å². The first-order chi connectivity index (χ1) is 12.3. The second kappa shape index (κ2) is 13.6. The molecular weight excluding hydrogens is 413 g/mol. The molecule has 144 valence electrons. The van der Waals surface area contributed by atoms with Gasteiger partial charge in [0.25, 0.3) is 0 Å². The Kier molecular flexibility index (Phi) is 11.8. The van der Waals surface area contributed by atoms with Gasteiger partial charge in [0.15, 0.2) is 0 Å². The molecule has 25 heavy (non-hydrogen) atoms. The first-order valence-corrected chi connectivity index (χ1v) is 14.0. The second-order valence-corrected chi connectivity index (χ2v) is 11.6. The summed E-state index contributed by atoms with van der Waals surface area (Å²) in [6, 6.07) is 10.8. The van der Waals surface area contributed by atoms with E-state index >= 15 is 0 Å². The van der Waals surface area contributed by atoms with Crippen molar-refractivity contribution in [3.05, 3.63) is 42.0 Å². The fraction of sp³-hybridized carbons (Fsp3) is 0.619. The van der Waals surface area contributed by atoms with E-state index in [4.69, 9.17) is 20.4 Å². The van der Waals surface area contributed by atoms with Gasteiger partial charge < -0.3 is 0 Å². The van der Waals surface area contributed by atoms with Gasteiger partial charge in [-0.15, -0.1) is 0 Å². The maximum atomic E-state index is 4.70. The van der Waals surface area contributed by atoms with Crippen LogP contribution in [0.25, 0.3) is 6.08 Å². The minimum absolute atomic E-state index is 0.220. The number of halogens is 2. The van der Waals surface area contributed by atoms with Crippen LogP contribution in [-0.4, -0.2) is 17.5 Å². The summed E-state index contributed by atoms with van der Waals surface area (Å²) in [5.41, 5.74) is 3.52. The summed E-state index contributed by atoms with van der Waals surface area (Å²) in [7, 11) is 9.62. The Morgan fingerprint density at radius 1 is 0.840 bits per heavy atom. The molecule has 0 amide bonds. The Labute approximate surface area is 170 Å². The number of hydrogen-bond donors (Lipinski definition) is 0. The van der Waals surface area contributed by atoms with E-state index in [-0.39, 0.29) is 7.92 Å². The molecule has 0 aliphatic heterocycles. The molecule has 0 heterocycles. The van der Waals surface area contributed by atoms with Crippen LogP contribution in [0.15, 0.2) is 36.4 Å². The molecule has 2 fully saturated rings. The average Bonchev–Trinajstić information content (AvgIpc) is 2.68. The topological polar surface area (TPSA) is 0 Å². The van der Waals surface area contributed by atoms with Crippen molar-refractivity contribution in [3.8, 4) is 0 Å². The third kappa shape index (κ3) is 8.34. The molecule has 0 spiro atoms. The molecule has 4 heteroatoms. The molecule has 1 aromatic rings. The predicted octanol–water partition coefficient (Wildman–Crippen LogP) is 8.22. The summed E-state index contributed by atoms with van der Waals surface area (Å²) in [6.07, 6.45) is 21.3. The van der Waals surface area contributed by atoms with Crippen molar-refractivity contribution in [3.63, 3.8) is 0 Å². The molecule has 0 N–H and O–H groups in total. The fourth-order valence-corrected chi connectivity index (χ4v) is 7.89. The SMILES string of the molecule is C(=Cc1ccccc1)CP(C1CCCCC1)C1CCCCC1.[Cl][Ni][Cl]. The van der Waals surface area contributed by atoms with E-state index in [0.717, 1.165) is 11.3 Å². The van der Waals surface area contributed by atoms with Crippen LogP contribution in [-0.2, 0) is 12.7 Å². The van der Waals surface area contributed by atoms with Gasteiger partial charge in [0, 0.05) is 0 Å². The standard InChI is InChI=1S/C21H31P.2ClH.Ni/c1-4-11-19(12-5-1)13-10-18-22(20-14-6-2-7-15-20)21-16-8-3-9-17-21;;;/h1,4-5,10-13,20-21H,2-3,6-9,14-18H2;2*1H;/q;;;+2/p-2. The van der Waals surface area contributed by atoms with Crippen LogP contribution in [0.2, 0.25) is 0 Å². The number of benzene rings is 1. The Hall–Kier alpha value is 0.464. The van der Waals surface area contributed by atoms with Gasteiger partial charge in [-0.05, 0) is 48.7 Å². The Balaban J connectivity index is 0.000000701. The van der Waals surface area contributed by atoms with E-state index in [1.165, 1.54) is 75.9 Å². The summed E-state index contributed by atoms with van der Waals surface area (Å²) in [6.45, 7) is 0. The molecule has 1 aromatic carbocycles. The Morgan fingerprint density at radius 2 is 1.32 bits per heavy atom. The van der Waals surface area contributed by atoms with E-state index in [2.05, 4.69) is 42.5 Å². The maximum absolute atomic E-state index is 4.70. The van der Waals surface area contributed by atoms with E-state index < -0.39 is 0 Å². The predicted molar refractivity (Wildman–Crippen MR) is 113 cm³/mol. The van der Waals surface area contributed by atoms with E-state index in [1.807, 2.05) is 0 Å². The van der Waals surface area contributed by atoms with Crippen LogP contribution in [0.1, 0.15) is 69.8 Å². The van der Waals surface area contributed by atoms with Crippen LogP contribution < -0.4 is 0 Å². The monoisotopic (exact) mass is 442 g/mol. The molecule has 0 aromatic heterocycles. The fourth-order valence-electron chi connectivity index (χ4n) is 4.30. The number of allylic oxidation sites excluding steroid dienone is 1. The van der Waals surface area contributed by atoms with Crippen LogP contribution in [0.3, 0.4) is 0 Å². The zero-order chi connectivity index (χ0) is 17.7. The van der Waals surface area contributed by atoms with Crippen molar-refractivity contribution in [2.45, 2.75) is 75.5 Å². The van der Waals surface area contributed by atoms with Crippen molar-refractivity contribution in [2.24, 2.45) is 0 Å². The summed E-state index contributed by atoms with van der Waals surface area (Å²) in [5.74, 6) is 0. The summed E-state index contributed by atoms with van der Waals surface area (Å²) >= 11 is 0.569. The van der Waals surface area contributed by atoms with Gasteiger partial charge in [-0.25, -0.2) is 0 Å². The first-order valence-electron chi connectivity index (χ1n) is 9.65. The van der Waals surface area contributed by atoms with E-state index in [9.17, 15) is 0 Å². The molecule has 0 bridgehead atoms. The van der Waals surface area contributed by atoms with Crippen LogP contribution in [0.5, 0.6) is 0 Å². The van der Waals surface area contributed by atoms with Gasteiger partial charge >= 0.3 is 33.0 Å². The quantitative estimate of drug-likeness (QED) is 0.317. The van der Waals surface area contributed by atoms with Crippen LogP contribution >= 0.6 is 28.3 Å². The molecule has 0 saturated heterocycles. The van der Waals surface area contributed by atoms with Gasteiger partial charge in [-0.2, -0.15) is 0 Å². The molecule has 3 rings (SSSR count). The second-order valence-electron chi connectivity index (χ2n) is 7.14. The van der Waals surface area contributed by atoms with Gasteiger partial charge in [0.05, 0.1) is 0 Å². The molecule has 0 nitrogen and oxygen atoms in total. The molecule has 0 radical (unpaired) electrons. The average molecular weight is 444 g/mol. The third-order valence-electron chi connectivity index (χ3n) is 5.51. The Morgan fingerprint density at radius 3 is 1.80 bits per heavy atom. The van der Waals surface area contributed by atoms with Crippen molar-refractivity contribution in [1.29, 1.82) is 0 Å². The zero-order valence-electron chi connectivity index (χ0n) is 15.0. The summed E-state index contributed by atoms with van der Waals surface area (Å²) in [4.78, 5) is 0. The molecular formula is C21H31Cl2NiP. The molecule has 2 aliphatic rings. The van der Waals surface area contributed by atoms with Gasteiger partial charge in [-0.3, -0.25) is 0 Å². The molecule has 0 atom stereocenters. The van der Waals surface area contributed by atoms with Gasteiger partial charge in [0.1, 0.15) is 0 Å². The third-order valence-corrected chi connectivity index (χ3v) is 9.05. The first kappa shape index (κ1) is 21.8.